The number of rotatable bonds is 3. The lowest BCUT2D eigenvalue weighted by Crippen LogP contribution is -2.17. The SMILES string of the molecule is CC(N)CSc1ccc(Br)cc1. The van der Waals surface area contributed by atoms with Crippen LogP contribution in [-0.2, 0) is 0 Å². The van der Waals surface area contributed by atoms with Crippen LogP contribution >= 0.6 is 27.7 Å². The standard InChI is InChI=1S/C9H12BrNS/c1-7(11)6-12-9-4-2-8(10)3-5-9/h2-5,7H,6,11H2,1H3. The number of halogens is 1. The lowest BCUT2D eigenvalue weighted by atomic mass is 10.4. The molecule has 1 aromatic carbocycles. The van der Waals surface area contributed by atoms with Crippen LogP contribution in [0.15, 0.2) is 33.6 Å². The molecule has 0 amide bonds. The van der Waals surface area contributed by atoms with Crippen LogP contribution in [0.2, 0.25) is 0 Å². The first-order valence-corrected chi connectivity index (χ1v) is 5.60. The van der Waals surface area contributed by atoms with Crippen molar-refractivity contribution in [1.29, 1.82) is 0 Å². The van der Waals surface area contributed by atoms with Gasteiger partial charge in [0.25, 0.3) is 0 Å². The molecule has 1 unspecified atom stereocenters. The van der Waals surface area contributed by atoms with Crippen molar-refractivity contribution >= 4 is 27.7 Å². The average molecular weight is 246 g/mol. The molecule has 0 aliphatic rings. The van der Waals surface area contributed by atoms with E-state index in [-0.39, 0.29) is 6.04 Å². The van der Waals surface area contributed by atoms with Crippen molar-refractivity contribution in [3.63, 3.8) is 0 Å². The monoisotopic (exact) mass is 245 g/mol. The van der Waals surface area contributed by atoms with E-state index in [9.17, 15) is 0 Å². The molecule has 0 aliphatic heterocycles. The van der Waals surface area contributed by atoms with Crippen molar-refractivity contribution in [3.8, 4) is 0 Å². The maximum atomic E-state index is 5.64. The summed E-state index contributed by atoms with van der Waals surface area (Å²) in [6.07, 6.45) is 0. The molecule has 1 nitrogen and oxygen atoms in total. The summed E-state index contributed by atoms with van der Waals surface area (Å²) in [5, 5.41) is 0. The highest BCUT2D eigenvalue weighted by atomic mass is 79.9. The highest BCUT2D eigenvalue weighted by molar-refractivity contribution is 9.10. The number of hydrogen-bond donors (Lipinski definition) is 1. The smallest absolute Gasteiger partial charge is 0.0176 e. The van der Waals surface area contributed by atoms with Gasteiger partial charge in [-0.2, -0.15) is 0 Å². The Hall–Kier alpha value is 0.01000. The van der Waals surface area contributed by atoms with Gasteiger partial charge >= 0.3 is 0 Å². The normalized spacial score (nSPS) is 12.9. The molecule has 0 aliphatic carbocycles. The summed E-state index contributed by atoms with van der Waals surface area (Å²) in [5.41, 5.74) is 5.64. The quantitative estimate of drug-likeness (QED) is 0.830. The highest BCUT2D eigenvalue weighted by Gasteiger charge is 1.96. The minimum Gasteiger partial charge on any atom is -0.327 e. The number of nitrogens with two attached hydrogens (primary N) is 1. The molecule has 2 N–H and O–H groups in total. The van der Waals surface area contributed by atoms with Crippen molar-refractivity contribution in [2.75, 3.05) is 5.75 Å². The minimum absolute atomic E-state index is 0.263. The van der Waals surface area contributed by atoms with E-state index in [4.69, 9.17) is 5.73 Å². The molecule has 0 bridgehead atoms. The summed E-state index contributed by atoms with van der Waals surface area (Å²) in [7, 11) is 0. The number of thioether (sulfide) groups is 1. The number of benzene rings is 1. The Bertz CT molecular complexity index is 233. The molecule has 3 heteroatoms. The molecule has 1 aromatic rings. The largest absolute Gasteiger partial charge is 0.327 e. The third-order valence-corrected chi connectivity index (χ3v) is 3.15. The van der Waals surface area contributed by atoms with Crippen LogP contribution in [0.25, 0.3) is 0 Å². The van der Waals surface area contributed by atoms with Crippen molar-refractivity contribution < 1.29 is 0 Å². The van der Waals surface area contributed by atoms with Crippen molar-refractivity contribution in [3.05, 3.63) is 28.7 Å². The molecule has 0 fully saturated rings. The first kappa shape index (κ1) is 10.1. The molecule has 66 valence electrons. The van der Waals surface area contributed by atoms with Gasteiger partial charge in [-0.05, 0) is 31.2 Å². The Labute approximate surface area is 85.9 Å². The second-order valence-electron chi connectivity index (χ2n) is 2.74. The van der Waals surface area contributed by atoms with E-state index in [1.807, 2.05) is 19.1 Å². The molecular weight excluding hydrogens is 234 g/mol. The van der Waals surface area contributed by atoms with E-state index in [2.05, 4.69) is 28.1 Å². The fourth-order valence-corrected chi connectivity index (χ4v) is 1.81. The molecule has 0 aromatic heterocycles. The van der Waals surface area contributed by atoms with E-state index in [0.717, 1.165) is 10.2 Å². The fourth-order valence-electron chi connectivity index (χ4n) is 0.758. The summed E-state index contributed by atoms with van der Waals surface area (Å²) in [6.45, 7) is 2.02. The minimum atomic E-state index is 0.263. The average Bonchev–Trinajstić information content (AvgIpc) is 2.03. The van der Waals surface area contributed by atoms with Crippen molar-refractivity contribution in [2.45, 2.75) is 17.9 Å². The third-order valence-electron chi connectivity index (χ3n) is 1.33. The van der Waals surface area contributed by atoms with Crippen molar-refractivity contribution in [1.82, 2.24) is 0 Å². The Morgan fingerprint density at radius 2 is 2.00 bits per heavy atom. The molecule has 0 radical (unpaired) electrons. The highest BCUT2D eigenvalue weighted by Crippen LogP contribution is 2.20. The Kier molecular flexibility index (Phi) is 4.12. The van der Waals surface area contributed by atoms with E-state index < -0.39 is 0 Å². The Morgan fingerprint density at radius 3 is 2.50 bits per heavy atom. The Morgan fingerprint density at radius 1 is 1.42 bits per heavy atom. The van der Waals surface area contributed by atoms with E-state index in [0.29, 0.717) is 0 Å². The maximum absolute atomic E-state index is 5.64. The van der Waals surface area contributed by atoms with E-state index in [1.54, 1.807) is 11.8 Å². The van der Waals surface area contributed by atoms with Crippen LogP contribution < -0.4 is 5.73 Å². The van der Waals surface area contributed by atoms with Gasteiger partial charge in [0, 0.05) is 21.2 Å². The number of hydrogen-bond acceptors (Lipinski definition) is 2. The molecule has 0 saturated carbocycles. The lowest BCUT2D eigenvalue weighted by molar-refractivity contribution is 0.847. The summed E-state index contributed by atoms with van der Waals surface area (Å²) in [5.74, 6) is 0.974. The van der Waals surface area contributed by atoms with Gasteiger partial charge in [0.2, 0.25) is 0 Å². The lowest BCUT2D eigenvalue weighted by Gasteiger charge is -2.04. The van der Waals surface area contributed by atoms with Gasteiger partial charge in [-0.15, -0.1) is 11.8 Å². The zero-order chi connectivity index (χ0) is 8.97. The zero-order valence-electron chi connectivity index (χ0n) is 6.96. The third kappa shape index (κ3) is 3.61. The van der Waals surface area contributed by atoms with Crippen LogP contribution in [0, 0.1) is 0 Å². The summed E-state index contributed by atoms with van der Waals surface area (Å²) in [6, 6.07) is 8.54. The van der Waals surface area contributed by atoms with Crippen LogP contribution in [0.5, 0.6) is 0 Å². The van der Waals surface area contributed by atoms with Crippen LogP contribution in [0.3, 0.4) is 0 Å². The van der Waals surface area contributed by atoms with Crippen LogP contribution in [-0.4, -0.2) is 11.8 Å². The van der Waals surface area contributed by atoms with Gasteiger partial charge in [-0.25, -0.2) is 0 Å². The van der Waals surface area contributed by atoms with E-state index >= 15 is 0 Å². The topological polar surface area (TPSA) is 26.0 Å². The summed E-state index contributed by atoms with van der Waals surface area (Å²) < 4.78 is 1.12. The summed E-state index contributed by atoms with van der Waals surface area (Å²) in [4.78, 5) is 1.27. The molecule has 1 rings (SSSR count). The zero-order valence-corrected chi connectivity index (χ0v) is 9.36. The fraction of sp³-hybridized carbons (Fsp3) is 0.333. The van der Waals surface area contributed by atoms with Gasteiger partial charge < -0.3 is 5.73 Å². The van der Waals surface area contributed by atoms with Crippen LogP contribution in [0.4, 0.5) is 0 Å². The van der Waals surface area contributed by atoms with E-state index in [1.165, 1.54) is 4.90 Å². The van der Waals surface area contributed by atoms with Crippen molar-refractivity contribution in [2.24, 2.45) is 5.73 Å². The second kappa shape index (κ2) is 4.90. The predicted molar refractivity (Wildman–Crippen MR) is 58.5 cm³/mol. The van der Waals surface area contributed by atoms with Gasteiger partial charge in [-0.1, -0.05) is 15.9 Å². The summed E-state index contributed by atoms with van der Waals surface area (Å²) >= 11 is 5.18. The van der Waals surface area contributed by atoms with Gasteiger partial charge in [0.05, 0.1) is 0 Å². The molecule has 0 spiro atoms. The molecule has 12 heavy (non-hydrogen) atoms. The first-order valence-electron chi connectivity index (χ1n) is 3.82. The molecule has 0 saturated heterocycles. The molecular formula is C9H12BrNS. The van der Waals surface area contributed by atoms with Gasteiger partial charge in [0.1, 0.15) is 0 Å². The molecule has 1 atom stereocenters. The van der Waals surface area contributed by atoms with Gasteiger partial charge in [-0.3, -0.25) is 0 Å². The molecule has 0 heterocycles. The van der Waals surface area contributed by atoms with Gasteiger partial charge in [0.15, 0.2) is 0 Å². The second-order valence-corrected chi connectivity index (χ2v) is 4.75. The van der Waals surface area contributed by atoms with Crippen LogP contribution in [0.1, 0.15) is 6.92 Å². The maximum Gasteiger partial charge on any atom is 0.0176 e. The predicted octanol–water partition coefficient (Wildman–Crippen LogP) is 2.89. The first-order chi connectivity index (χ1) is 5.68. The Balaban J connectivity index is 2.48.